The van der Waals surface area contributed by atoms with Gasteiger partial charge in [-0.05, 0) is 59.9 Å². The normalized spacial score (nSPS) is 13.3. The molecule has 1 aliphatic carbocycles. The summed E-state index contributed by atoms with van der Waals surface area (Å²) in [5.41, 5.74) is 2.98. The van der Waals surface area contributed by atoms with E-state index in [9.17, 15) is 13.6 Å². The summed E-state index contributed by atoms with van der Waals surface area (Å²) in [7, 11) is 1.31. The van der Waals surface area contributed by atoms with Crippen LogP contribution in [0, 0.1) is 11.6 Å². The summed E-state index contributed by atoms with van der Waals surface area (Å²) in [6.45, 7) is 0. The standard InChI is InChI=1S/C18H14F2O2/c1-22-18(21)12-6-5-11-3-2-4-14(15(11)9-12)16-10-13(19)7-8-17(16)20/h4-10H,2-3H2,1H3. The zero-order valence-electron chi connectivity index (χ0n) is 12.0. The molecule has 112 valence electrons. The van der Waals surface area contributed by atoms with E-state index in [1.807, 2.05) is 12.1 Å². The third-order valence-corrected chi connectivity index (χ3v) is 3.80. The van der Waals surface area contributed by atoms with E-state index in [0.29, 0.717) is 11.1 Å². The lowest BCUT2D eigenvalue weighted by molar-refractivity contribution is 0.0600. The first kappa shape index (κ1) is 14.4. The Balaban J connectivity index is 2.14. The lowest BCUT2D eigenvalue weighted by Gasteiger charge is -2.19. The molecule has 2 nitrogen and oxygen atoms in total. The highest BCUT2D eigenvalue weighted by Crippen LogP contribution is 2.34. The molecule has 4 heteroatoms. The molecule has 0 saturated carbocycles. The van der Waals surface area contributed by atoms with Crippen molar-refractivity contribution in [3.8, 4) is 0 Å². The summed E-state index contributed by atoms with van der Waals surface area (Å²) >= 11 is 0. The van der Waals surface area contributed by atoms with Gasteiger partial charge in [0, 0.05) is 5.56 Å². The van der Waals surface area contributed by atoms with Crippen LogP contribution in [0.25, 0.3) is 5.57 Å². The largest absolute Gasteiger partial charge is 0.465 e. The number of esters is 1. The third kappa shape index (κ3) is 2.52. The quantitative estimate of drug-likeness (QED) is 0.780. The number of halogens is 2. The fourth-order valence-electron chi connectivity index (χ4n) is 2.73. The van der Waals surface area contributed by atoms with Gasteiger partial charge in [0.2, 0.25) is 0 Å². The Labute approximate surface area is 127 Å². The van der Waals surface area contributed by atoms with E-state index in [4.69, 9.17) is 4.74 Å². The minimum Gasteiger partial charge on any atom is -0.465 e. The number of ether oxygens (including phenoxy) is 1. The van der Waals surface area contributed by atoms with Crippen molar-refractivity contribution in [2.45, 2.75) is 12.8 Å². The Morgan fingerprint density at radius 2 is 1.91 bits per heavy atom. The summed E-state index contributed by atoms with van der Waals surface area (Å²) in [4.78, 5) is 11.7. The van der Waals surface area contributed by atoms with Gasteiger partial charge in [-0.3, -0.25) is 0 Å². The van der Waals surface area contributed by atoms with E-state index in [-0.39, 0.29) is 5.56 Å². The van der Waals surface area contributed by atoms with E-state index >= 15 is 0 Å². The molecule has 2 aromatic rings. The fourth-order valence-corrected chi connectivity index (χ4v) is 2.73. The van der Waals surface area contributed by atoms with E-state index < -0.39 is 17.6 Å². The Kier molecular flexibility index (Phi) is 3.75. The first-order chi connectivity index (χ1) is 10.6. The van der Waals surface area contributed by atoms with Crippen LogP contribution in [0.1, 0.15) is 33.5 Å². The van der Waals surface area contributed by atoms with Gasteiger partial charge in [0.1, 0.15) is 11.6 Å². The molecule has 0 heterocycles. The molecule has 0 aromatic heterocycles. The zero-order valence-corrected chi connectivity index (χ0v) is 12.0. The van der Waals surface area contributed by atoms with Crippen LogP contribution in [0.3, 0.4) is 0 Å². The van der Waals surface area contributed by atoms with Crippen molar-refractivity contribution >= 4 is 11.5 Å². The van der Waals surface area contributed by atoms with Crippen LogP contribution in [0.5, 0.6) is 0 Å². The van der Waals surface area contributed by atoms with Crippen LogP contribution >= 0.6 is 0 Å². The minimum absolute atomic E-state index is 0.211. The first-order valence-electron chi connectivity index (χ1n) is 6.97. The van der Waals surface area contributed by atoms with Gasteiger partial charge in [0.25, 0.3) is 0 Å². The lowest BCUT2D eigenvalue weighted by atomic mass is 9.85. The number of hydrogen-bond acceptors (Lipinski definition) is 2. The van der Waals surface area contributed by atoms with Crippen LogP contribution in [-0.2, 0) is 11.2 Å². The van der Waals surface area contributed by atoms with Crippen molar-refractivity contribution in [2.24, 2.45) is 0 Å². The molecule has 0 radical (unpaired) electrons. The zero-order chi connectivity index (χ0) is 15.7. The summed E-state index contributed by atoms with van der Waals surface area (Å²) in [5.74, 6) is -1.43. The molecule has 0 N–H and O–H groups in total. The second-order valence-corrected chi connectivity index (χ2v) is 5.14. The van der Waals surface area contributed by atoms with Crippen LogP contribution in [0.4, 0.5) is 8.78 Å². The molecule has 1 aliphatic rings. The van der Waals surface area contributed by atoms with Gasteiger partial charge in [-0.2, -0.15) is 0 Å². The van der Waals surface area contributed by atoms with Crippen molar-refractivity contribution in [1.82, 2.24) is 0 Å². The van der Waals surface area contributed by atoms with Crippen molar-refractivity contribution < 1.29 is 18.3 Å². The highest BCUT2D eigenvalue weighted by atomic mass is 19.1. The number of benzene rings is 2. The summed E-state index contributed by atoms with van der Waals surface area (Å²) in [5, 5.41) is 0. The summed E-state index contributed by atoms with van der Waals surface area (Å²) in [6.07, 6.45) is 3.42. The SMILES string of the molecule is COC(=O)c1ccc2c(c1)C(c1cc(F)ccc1F)=CCC2. The molecular weight excluding hydrogens is 286 g/mol. The second-order valence-electron chi connectivity index (χ2n) is 5.14. The van der Waals surface area contributed by atoms with Crippen molar-refractivity contribution in [3.63, 3.8) is 0 Å². The van der Waals surface area contributed by atoms with Gasteiger partial charge in [-0.1, -0.05) is 12.1 Å². The van der Waals surface area contributed by atoms with Crippen LogP contribution in [0.15, 0.2) is 42.5 Å². The molecule has 0 fully saturated rings. The van der Waals surface area contributed by atoms with Crippen LogP contribution in [0.2, 0.25) is 0 Å². The number of carbonyl (C=O) groups excluding carboxylic acids is 1. The third-order valence-electron chi connectivity index (χ3n) is 3.80. The van der Waals surface area contributed by atoms with E-state index in [1.165, 1.54) is 13.2 Å². The topological polar surface area (TPSA) is 26.3 Å². The molecule has 0 spiro atoms. The van der Waals surface area contributed by atoms with Gasteiger partial charge in [0.05, 0.1) is 12.7 Å². The fraction of sp³-hybridized carbons (Fsp3) is 0.167. The number of hydrogen-bond donors (Lipinski definition) is 0. The minimum atomic E-state index is -0.492. The number of allylic oxidation sites excluding steroid dienone is 1. The maximum absolute atomic E-state index is 14.1. The average molecular weight is 300 g/mol. The Morgan fingerprint density at radius 1 is 1.09 bits per heavy atom. The Hall–Kier alpha value is -2.49. The Morgan fingerprint density at radius 3 is 2.68 bits per heavy atom. The summed E-state index contributed by atoms with van der Waals surface area (Å²) < 4.78 is 32.3. The molecular formula is C18H14F2O2. The Bertz CT molecular complexity index is 779. The van der Waals surface area contributed by atoms with Gasteiger partial charge < -0.3 is 4.74 Å². The molecule has 22 heavy (non-hydrogen) atoms. The van der Waals surface area contributed by atoms with Crippen LogP contribution in [-0.4, -0.2) is 13.1 Å². The summed E-state index contributed by atoms with van der Waals surface area (Å²) in [6, 6.07) is 8.59. The first-order valence-corrected chi connectivity index (χ1v) is 6.97. The van der Waals surface area contributed by atoms with Gasteiger partial charge in [0.15, 0.2) is 0 Å². The number of rotatable bonds is 2. The van der Waals surface area contributed by atoms with Gasteiger partial charge >= 0.3 is 5.97 Å². The lowest BCUT2D eigenvalue weighted by Crippen LogP contribution is -2.07. The highest BCUT2D eigenvalue weighted by molar-refractivity contribution is 5.92. The van der Waals surface area contributed by atoms with Crippen molar-refractivity contribution in [1.29, 1.82) is 0 Å². The maximum atomic E-state index is 14.1. The molecule has 0 aliphatic heterocycles. The van der Waals surface area contributed by atoms with E-state index in [2.05, 4.69) is 0 Å². The smallest absolute Gasteiger partial charge is 0.337 e. The number of fused-ring (bicyclic) bond motifs is 1. The molecule has 0 bridgehead atoms. The molecule has 2 aromatic carbocycles. The predicted octanol–water partition coefficient (Wildman–Crippen LogP) is 4.13. The van der Waals surface area contributed by atoms with E-state index in [1.54, 1.807) is 12.1 Å². The highest BCUT2D eigenvalue weighted by Gasteiger charge is 2.19. The average Bonchev–Trinajstić information content (AvgIpc) is 2.55. The molecule has 0 atom stereocenters. The van der Waals surface area contributed by atoms with E-state index in [0.717, 1.165) is 36.1 Å². The molecule has 0 saturated heterocycles. The molecule has 0 amide bonds. The monoisotopic (exact) mass is 300 g/mol. The number of methoxy groups -OCH3 is 1. The van der Waals surface area contributed by atoms with Gasteiger partial charge in [-0.15, -0.1) is 0 Å². The number of aryl methyl sites for hydroxylation is 1. The molecule has 0 unspecified atom stereocenters. The van der Waals surface area contributed by atoms with Crippen molar-refractivity contribution in [2.75, 3.05) is 7.11 Å². The van der Waals surface area contributed by atoms with Crippen molar-refractivity contribution in [3.05, 3.63) is 76.4 Å². The second kappa shape index (κ2) is 5.72. The predicted molar refractivity (Wildman–Crippen MR) is 79.5 cm³/mol. The molecule has 3 rings (SSSR count). The number of carbonyl (C=O) groups is 1. The van der Waals surface area contributed by atoms with Crippen LogP contribution < -0.4 is 0 Å². The van der Waals surface area contributed by atoms with Gasteiger partial charge in [-0.25, -0.2) is 13.6 Å². The maximum Gasteiger partial charge on any atom is 0.337 e.